The second kappa shape index (κ2) is 14.3. The molecule has 0 saturated heterocycles. The molecule has 116 valence electrons. The molecule has 0 rings (SSSR count). The van der Waals surface area contributed by atoms with E-state index in [4.69, 9.17) is 64.4 Å². The summed E-state index contributed by atoms with van der Waals surface area (Å²) < 4.78 is 260. The van der Waals surface area contributed by atoms with Gasteiger partial charge in [-0.15, -0.1) is 0 Å². The molecule has 0 amide bonds. The van der Waals surface area contributed by atoms with Crippen molar-refractivity contribution in [2.75, 3.05) is 0 Å². The Balaban J connectivity index is 7.78. The maximum absolute atomic E-state index is 8.38. The van der Waals surface area contributed by atoms with Crippen LogP contribution < -0.4 is 0 Å². The molecule has 0 nitrogen and oxygen atoms in total. The van der Waals surface area contributed by atoms with Gasteiger partial charge in [0.05, 0.1) is 0 Å². The van der Waals surface area contributed by atoms with Crippen molar-refractivity contribution >= 4 is 34.0 Å². The fourth-order valence-electron chi connectivity index (χ4n) is 0.501. The molecule has 3 heteroatoms. The van der Waals surface area contributed by atoms with Crippen LogP contribution in [-0.4, -0.2) is 16.1 Å². The molecule has 0 aromatic carbocycles. The van der Waals surface area contributed by atoms with Crippen LogP contribution in [0.1, 0.15) is 137 Å². The van der Waals surface area contributed by atoms with Crippen LogP contribution in [0, 0.1) is 0 Å². The Bertz CT molecular complexity index is 1250. The van der Waals surface area contributed by atoms with E-state index < -0.39 is 115 Å². The zero-order valence-electron chi connectivity index (χ0n) is 43.3. The number of rotatable bonds is 14. The third-order valence-electron chi connectivity index (χ3n) is 1.06. The molecular formula is C16H34Cl2Sn. The van der Waals surface area contributed by atoms with E-state index in [-0.39, 0.29) is 0 Å². The van der Waals surface area contributed by atoms with E-state index in [1.54, 1.807) is 0 Å². The zero-order valence-corrected chi connectivity index (χ0v) is 13.6. The van der Waals surface area contributed by atoms with E-state index in [2.05, 4.69) is 0 Å². The Morgan fingerprint density at radius 3 is 1.47 bits per heavy atom. The molecule has 0 fully saturated rings. The molecule has 0 radical (unpaired) electrons. The standard InChI is InChI=1S/2C8H17.2ClH.Sn/c2*1-3-5-7-8-6-4-2;;;/h2*1,3-8H2,2H3;2*1H;/q;;;;+2/p-2/i2*1D2,2D3,3D2,4D2,5D2,6D2,7D2,8D2;;;. The fraction of sp³-hybridized carbons (Fsp3) is 1.00. The number of halogens is 2. The Morgan fingerprint density at radius 2 is 1.05 bits per heavy atom. The van der Waals surface area contributed by atoms with Crippen LogP contribution in [0.15, 0.2) is 0 Å². The van der Waals surface area contributed by atoms with Gasteiger partial charge in [-0.1, -0.05) is 0 Å². The summed E-state index contributed by atoms with van der Waals surface area (Å²) in [5, 5.41) is 0. The third-order valence-corrected chi connectivity index (χ3v) is 6.11. The van der Waals surface area contributed by atoms with Gasteiger partial charge in [0.1, 0.15) is 0 Å². The van der Waals surface area contributed by atoms with Gasteiger partial charge in [-0.25, -0.2) is 0 Å². The molecule has 0 N–H and O–H groups in total. The normalized spacial score (nSPS) is 50.4. The average Bonchev–Trinajstić information content (AvgIpc) is 2.89. The van der Waals surface area contributed by atoms with Gasteiger partial charge >= 0.3 is 180 Å². The summed E-state index contributed by atoms with van der Waals surface area (Å²) in [5.41, 5.74) is 0. The van der Waals surface area contributed by atoms with Gasteiger partial charge in [-0.3, -0.25) is 0 Å². The average molecular weight is 450 g/mol. The van der Waals surface area contributed by atoms with Crippen molar-refractivity contribution in [2.45, 2.75) is 99.0 Å². The second-order valence-corrected chi connectivity index (χ2v) is 15.9. The van der Waals surface area contributed by atoms with Gasteiger partial charge in [0.15, 0.2) is 0 Å². The first-order valence-electron chi connectivity index (χ1n) is 21.4. The minimum atomic E-state index is -7.94. The predicted molar refractivity (Wildman–Crippen MR) is 93.8 cm³/mol. The van der Waals surface area contributed by atoms with Gasteiger partial charge in [0.25, 0.3) is 0 Å². The van der Waals surface area contributed by atoms with Crippen molar-refractivity contribution in [3.8, 4) is 0 Å². The summed E-state index contributed by atoms with van der Waals surface area (Å²) in [6.45, 7) is -8.21. The summed E-state index contributed by atoms with van der Waals surface area (Å²) in [6.07, 6.45) is -57.4. The molecule has 0 aromatic heterocycles. The molecule has 0 bridgehead atoms. The van der Waals surface area contributed by atoms with Crippen LogP contribution in [0.25, 0.3) is 0 Å². The molecule has 0 heterocycles. The zero-order chi connectivity index (χ0) is 44.5. The maximum atomic E-state index is 8.38. The van der Waals surface area contributed by atoms with Gasteiger partial charge in [0.2, 0.25) is 0 Å². The molecule has 0 saturated carbocycles. The van der Waals surface area contributed by atoms with E-state index in [0.29, 0.717) is 0 Å². The van der Waals surface area contributed by atoms with Crippen LogP contribution in [0.3, 0.4) is 0 Å². The van der Waals surface area contributed by atoms with Crippen molar-refractivity contribution in [2.24, 2.45) is 0 Å². The topological polar surface area (TPSA) is 0 Å². The van der Waals surface area contributed by atoms with Crippen molar-refractivity contribution in [3.63, 3.8) is 0 Å². The molecule has 0 aliphatic rings. The van der Waals surface area contributed by atoms with Crippen LogP contribution in [0.4, 0.5) is 0 Å². The molecule has 0 aliphatic carbocycles. The van der Waals surface area contributed by atoms with Crippen LogP contribution >= 0.6 is 17.8 Å². The Hall–Kier alpha value is 1.38. The summed E-state index contributed by atoms with van der Waals surface area (Å²) in [5.74, 6) is 0. The third kappa shape index (κ3) is 15.6. The van der Waals surface area contributed by atoms with Crippen molar-refractivity contribution in [3.05, 3.63) is 0 Å². The molecule has 0 aliphatic heterocycles. The van der Waals surface area contributed by atoms with Crippen molar-refractivity contribution in [1.29, 1.82) is 0 Å². The van der Waals surface area contributed by atoms with E-state index in [9.17, 15) is 0 Å². The first-order valence-corrected chi connectivity index (χ1v) is 14.5. The van der Waals surface area contributed by atoms with E-state index in [0.717, 1.165) is 0 Å². The monoisotopic (exact) mass is 450 g/mol. The van der Waals surface area contributed by atoms with Crippen molar-refractivity contribution < 1.29 is 46.6 Å². The van der Waals surface area contributed by atoms with Gasteiger partial charge in [0, 0.05) is 0 Å². The van der Waals surface area contributed by atoms with Crippen LogP contribution in [0.5, 0.6) is 0 Å². The summed E-state index contributed by atoms with van der Waals surface area (Å²) in [7, 11) is 12.1. The summed E-state index contributed by atoms with van der Waals surface area (Å²) in [4.78, 5) is 0. The molecule has 0 atom stereocenters. The first-order chi connectivity index (χ1) is 22.0. The van der Waals surface area contributed by atoms with Crippen LogP contribution in [0.2, 0.25) is 8.78 Å². The summed E-state index contributed by atoms with van der Waals surface area (Å²) in [6, 6.07) is 0. The Morgan fingerprint density at radius 1 is 0.684 bits per heavy atom. The molecular weight excluding hydrogens is 382 g/mol. The summed E-state index contributed by atoms with van der Waals surface area (Å²) >= 11 is -7.94. The number of hydrogen-bond donors (Lipinski definition) is 0. The second-order valence-electron chi connectivity index (χ2n) is 2.32. The molecule has 19 heavy (non-hydrogen) atoms. The first kappa shape index (κ1) is 2.69. The van der Waals surface area contributed by atoms with E-state index >= 15 is 0 Å². The Labute approximate surface area is 181 Å². The van der Waals surface area contributed by atoms with Crippen LogP contribution in [-0.2, 0) is 0 Å². The van der Waals surface area contributed by atoms with Gasteiger partial charge in [-0.05, 0) is 0 Å². The SMILES string of the molecule is [2H]C([2H])([2H])C([2H])([2H])C([2H])([2H])C([2H])([2H])C([2H])([2H])C([2H])([2H])C([2H])([2H])[C]([2H])([2H])[Sn]([Cl])([Cl])[C]([2H])([2H])C([2H])([2H])C([2H])([2H])C([2H])([2H])C([2H])([2H])C([2H])([2H])C([2H])([2H])C([2H])([2H])[2H]. The number of hydrogen-bond acceptors (Lipinski definition) is 0. The van der Waals surface area contributed by atoms with Gasteiger partial charge in [-0.2, -0.15) is 0 Å². The Kier molecular flexibility index (Phi) is 2.02. The minimum absolute atomic E-state index is 4.10. The van der Waals surface area contributed by atoms with E-state index in [1.165, 1.54) is 0 Å². The fourth-order valence-corrected chi connectivity index (χ4v) is 3.20. The van der Waals surface area contributed by atoms with Crippen molar-refractivity contribution in [1.82, 2.24) is 0 Å². The molecule has 0 aromatic rings. The predicted octanol–water partition coefficient (Wildman–Crippen LogP) is 7.63. The molecule has 0 unspecified atom stereocenters. The molecule has 0 spiro atoms. The van der Waals surface area contributed by atoms with Gasteiger partial charge < -0.3 is 0 Å². The van der Waals surface area contributed by atoms with E-state index in [1.807, 2.05) is 0 Å². The quantitative estimate of drug-likeness (QED) is 0.239.